The summed E-state index contributed by atoms with van der Waals surface area (Å²) in [5.41, 5.74) is 0. The molecule has 1 aromatic heterocycles. The molecule has 1 aromatic rings. The molecule has 2 nitrogen and oxygen atoms in total. The van der Waals surface area contributed by atoms with Crippen LogP contribution >= 0.6 is 34.9 Å². The molecule has 0 saturated heterocycles. The summed E-state index contributed by atoms with van der Waals surface area (Å²) >= 11 is 7.17. The second-order valence-corrected chi connectivity index (χ2v) is 4.56. The molecule has 5 heteroatoms. The summed E-state index contributed by atoms with van der Waals surface area (Å²) in [5.74, 6) is 0. The van der Waals surface area contributed by atoms with E-state index in [0.29, 0.717) is 12.9 Å². The van der Waals surface area contributed by atoms with Crippen LogP contribution in [-0.4, -0.2) is 0 Å². The van der Waals surface area contributed by atoms with Gasteiger partial charge in [-0.05, 0) is 0 Å². The van der Waals surface area contributed by atoms with Crippen molar-refractivity contribution in [1.82, 2.24) is 0 Å². The summed E-state index contributed by atoms with van der Waals surface area (Å²) in [6.07, 6.45) is 0. The van der Waals surface area contributed by atoms with E-state index in [4.69, 9.17) is 22.7 Å². The molecule has 1 rings (SSSR count). The molecule has 0 fully saturated rings. The van der Waals surface area contributed by atoms with Gasteiger partial charge in [-0.15, -0.1) is 22.7 Å². The van der Waals surface area contributed by atoms with E-state index in [1.165, 1.54) is 22.7 Å². The predicted molar refractivity (Wildman–Crippen MR) is 42.5 cm³/mol. The van der Waals surface area contributed by atoms with E-state index in [-0.39, 0.29) is 0 Å². The molecule has 0 unspecified atom stereocenters. The summed E-state index contributed by atoms with van der Waals surface area (Å²) < 4.78 is 0.633. The quantitative estimate of drug-likeness (QED) is 0.581. The first-order chi connectivity index (χ1) is 4.77. The van der Waals surface area contributed by atoms with Gasteiger partial charge in [0.05, 0.1) is 0 Å². The number of nitriles is 2. The summed E-state index contributed by atoms with van der Waals surface area (Å²) in [6.45, 7) is 0. The minimum atomic E-state index is 0.428. The van der Waals surface area contributed by atoms with Gasteiger partial charge < -0.3 is 0 Å². The van der Waals surface area contributed by atoms with Gasteiger partial charge in [0, 0.05) is 0 Å². The maximum absolute atomic E-state index is 8.43. The fourth-order valence-electron chi connectivity index (χ4n) is 0.427. The van der Waals surface area contributed by atoms with E-state index in [1.807, 2.05) is 12.1 Å². The Morgan fingerprint density at radius 3 is 1.80 bits per heavy atom. The largest absolute Gasteiger partial charge is 0.191 e. The van der Waals surface area contributed by atoms with Gasteiger partial charge >= 0.3 is 0 Å². The Labute approximate surface area is 70.6 Å². The first kappa shape index (κ1) is 7.36. The SMILES string of the molecule is N#Cc1sc(=S)sc1C#N. The smallest absolute Gasteiger partial charge is 0.146 e. The van der Waals surface area contributed by atoms with E-state index >= 15 is 0 Å². The minimum Gasteiger partial charge on any atom is -0.191 e. The van der Waals surface area contributed by atoms with Crippen molar-refractivity contribution in [1.29, 1.82) is 10.5 Å². The van der Waals surface area contributed by atoms with Crippen molar-refractivity contribution in [3.63, 3.8) is 0 Å². The maximum atomic E-state index is 8.43. The normalized spacial score (nSPS) is 8.20. The lowest BCUT2D eigenvalue weighted by Gasteiger charge is -1.71. The lowest BCUT2D eigenvalue weighted by molar-refractivity contribution is 1.50. The van der Waals surface area contributed by atoms with Crippen LogP contribution in [0.1, 0.15) is 9.75 Å². The van der Waals surface area contributed by atoms with Gasteiger partial charge in [-0.1, -0.05) is 12.2 Å². The van der Waals surface area contributed by atoms with Crippen LogP contribution in [0.5, 0.6) is 0 Å². The second kappa shape index (κ2) is 2.89. The highest BCUT2D eigenvalue weighted by molar-refractivity contribution is 7.76. The molecule has 0 radical (unpaired) electrons. The van der Waals surface area contributed by atoms with Crippen LogP contribution in [0.25, 0.3) is 0 Å². The Balaban J connectivity index is 3.43. The molecule has 0 aromatic carbocycles. The Hall–Kier alpha value is -0.750. The van der Waals surface area contributed by atoms with Gasteiger partial charge in [0.25, 0.3) is 0 Å². The first-order valence-electron chi connectivity index (χ1n) is 2.22. The molecular weight excluding hydrogens is 184 g/mol. The third-order valence-electron chi connectivity index (χ3n) is 0.780. The lowest BCUT2D eigenvalue weighted by atomic mass is 10.5. The number of nitrogens with zero attached hydrogens (tertiary/aromatic N) is 2. The third-order valence-corrected chi connectivity index (χ3v) is 3.24. The molecule has 0 aliphatic heterocycles. The zero-order valence-corrected chi connectivity index (χ0v) is 7.07. The molecule has 48 valence electrons. The molecule has 0 aliphatic rings. The lowest BCUT2D eigenvalue weighted by Crippen LogP contribution is -1.66. The van der Waals surface area contributed by atoms with E-state index < -0.39 is 0 Å². The molecule has 0 amide bonds. The molecule has 0 bridgehead atoms. The summed E-state index contributed by atoms with van der Waals surface area (Å²) in [6, 6.07) is 3.81. The van der Waals surface area contributed by atoms with Gasteiger partial charge in [0.2, 0.25) is 0 Å². The average Bonchev–Trinajstić information content (AvgIpc) is 2.30. The van der Waals surface area contributed by atoms with Gasteiger partial charge in [-0.25, -0.2) is 0 Å². The van der Waals surface area contributed by atoms with Crippen molar-refractivity contribution in [3.8, 4) is 12.1 Å². The van der Waals surface area contributed by atoms with Crippen LogP contribution in [0.2, 0.25) is 0 Å². The maximum Gasteiger partial charge on any atom is 0.146 e. The molecule has 0 atom stereocenters. The predicted octanol–water partition coefficient (Wildman–Crippen LogP) is 2.28. The average molecular weight is 184 g/mol. The van der Waals surface area contributed by atoms with E-state index in [2.05, 4.69) is 0 Å². The molecular formula is C5N2S3. The number of hydrogen-bond donors (Lipinski definition) is 0. The summed E-state index contributed by atoms with van der Waals surface area (Å²) in [4.78, 5) is 0.856. The fraction of sp³-hybridized carbons (Fsp3) is 0. The number of rotatable bonds is 0. The van der Waals surface area contributed by atoms with Crippen LogP contribution in [0.4, 0.5) is 0 Å². The second-order valence-electron chi connectivity index (χ2n) is 1.34. The number of hydrogen-bond acceptors (Lipinski definition) is 5. The van der Waals surface area contributed by atoms with Crippen molar-refractivity contribution >= 4 is 34.9 Å². The highest BCUT2D eigenvalue weighted by atomic mass is 32.2. The van der Waals surface area contributed by atoms with E-state index in [9.17, 15) is 0 Å². The van der Waals surface area contributed by atoms with E-state index in [0.717, 1.165) is 0 Å². The van der Waals surface area contributed by atoms with Gasteiger partial charge in [-0.3, -0.25) is 0 Å². The Morgan fingerprint density at radius 2 is 1.50 bits per heavy atom. The molecule has 1 heterocycles. The fourth-order valence-corrected chi connectivity index (χ4v) is 2.55. The van der Waals surface area contributed by atoms with Crippen molar-refractivity contribution in [2.75, 3.05) is 0 Å². The zero-order chi connectivity index (χ0) is 7.56. The highest BCUT2D eigenvalue weighted by Gasteiger charge is 2.03. The van der Waals surface area contributed by atoms with E-state index in [1.54, 1.807) is 0 Å². The topological polar surface area (TPSA) is 47.6 Å². The first-order valence-corrected chi connectivity index (χ1v) is 4.26. The standard InChI is InChI=1S/C5N2S3/c6-1-3-4(2-7)10-5(8)9-3. The zero-order valence-electron chi connectivity index (χ0n) is 4.62. The summed E-state index contributed by atoms with van der Waals surface area (Å²) in [7, 11) is 0. The van der Waals surface area contributed by atoms with Crippen LogP contribution in [0.15, 0.2) is 0 Å². The Morgan fingerprint density at radius 1 is 1.10 bits per heavy atom. The molecule has 10 heavy (non-hydrogen) atoms. The van der Waals surface area contributed by atoms with Crippen molar-refractivity contribution in [3.05, 3.63) is 12.9 Å². The van der Waals surface area contributed by atoms with Crippen LogP contribution in [-0.2, 0) is 0 Å². The monoisotopic (exact) mass is 184 g/mol. The molecule has 0 saturated carbocycles. The van der Waals surface area contributed by atoms with Gasteiger partial charge in [0.1, 0.15) is 25.0 Å². The van der Waals surface area contributed by atoms with Crippen molar-refractivity contribution in [2.45, 2.75) is 0 Å². The molecule has 0 aliphatic carbocycles. The minimum absolute atomic E-state index is 0.428. The van der Waals surface area contributed by atoms with Crippen molar-refractivity contribution < 1.29 is 0 Å². The van der Waals surface area contributed by atoms with Crippen LogP contribution in [0, 0.1) is 25.8 Å². The van der Waals surface area contributed by atoms with Crippen molar-refractivity contribution in [2.24, 2.45) is 0 Å². The Bertz CT molecular complexity index is 338. The molecule has 0 N–H and O–H groups in total. The van der Waals surface area contributed by atoms with Crippen LogP contribution in [0.3, 0.4) is 0 Å². The van der Waals surface area contributed by atoms with Gasteiger partial charge in [0.15, 0.2) is 0 Å². The third kappa shape index (κ3) is 1.22. The van der Waals surface area contributed by atoms with Crippen LogP contribution < -0.4 is 0 Å². The van der Waals surface area contributed by atoms with Gasteiger partial charge in [-0.2, -0.15) is 10.5 Å². The Kier molecular flexibility index (Phi) is 2.13. The molecule has 0 spiro atoms. The summed E-state index contributed by atoms with van der Waals surface area (Å²) in [5, 5.41) is 16.9. The highest BCUT2D eigenvalue weighted by Crippen LogP contribution is 2.22.